The molecule has 8 heteroatoms. The van der Waals surface area contributed by atoms with Crippen LogP contribution in [0.3, 0.4) is 0 Å². The minimum Gasteiger partial charge on any atom is -0.463 e. The van der Waals surface area contributed by atoms with Crippen LogP contribution in [0.15, 0.2) is 12.2 Å². The van der Waals surface area contributed by atoms with E-state index in [2.05, 4.69) is 13.8 Å². The molecule has 312 valence electrons. The van der Waals surface area contributed by atoms with Crippen molar-refractivity contribution in [3.05, 3.63) is 12.2 Å². The predicted octanol–water partition coefficient (Wildman–Crippen LogP) is 10.5. The van der Waals surface area contributed by atoms with Crippen molar-refractivity contribution < 1.29 is 39.5 Å². The van der Waals surface area contributed by atoms with Crippen molar-refractivity contribution >= 4 is 11.9 Å². The Morgan fingerprint density at radius 3 is 1.42 bits per heavy atom. The molecule has 1 aliphatic carbocycles. The summed E-state index contributed by atoms with van der Waals surface area (Å²) in [6.07, 6.45) is 34.9. The monoisotopic (exact) mass is 753 g/mol. The Morgan fingerprint density at radius 2 is 0.962 bits per heavy atom. The molecule has 4 N–H and O–H groups in total. The van der Waals surface area contributed by atoms with Gasteiger partial charge in [-0.2, -0.15) is 0 Å². The fourth-order valence-electron chi connectivity index (χ4n) is 7.65. The smallest absolute Gasteiger partial charge is 0.305 e. The average Bonchev–Trinajstić information content (AvgIpc) is 3.41. The third kappa shape index (κ3) is 28.6. The van der Waals surface area contributed by atoms with Crippen LogP contribution in [-0.2, 0) is 19.1 Å². The zero-order chi connectivity index (χ0) is 38.8. The van der Waals surface area contributed by atoms with Crippen molar-refractivity contribution in [2.45, 2.75) is 237 Å². The maximum absolute atomic E-state index is 12.1. The van der Waals surface area contributed by atoms with E-state index in [-0.39, 0.29) is 43.4 Å². The summed E-state index contributed by atoms with van der Waals surface area (Å²) in [5.41, 5.74) is 0. The summed E-state index contributed by atoms with van der Waals surface area (Å²) in [6.45, 7) is 4.06. The Bertz CT molecular complexity index is 879. The third-order valence-corrected chi connectivity index (χ3v) is 11.1. The zero-order valence-electron chi connectivity index (χ0n) is 34.4. The number of ether oxygens (including phenoxy) is 2. The zero-order valence-corrected chi connectivity index (χ0v) is 34.4. The number of rotatable bonds is 37. The van der Waals surface area contributed by atoms with E-state index in [0.29, 0.717) is 19.3 Å². The van der Waals surface area contributed by atoms with Crippen molar-refractivity contribution in [2.24, 2.45) is 11.8 Å². The van der Waals surface area contributed by atoms with Gasteiger partial charge in [0.05, 0.1) is 18.3 Å². The van der Waals surface area contributed by atoms with E-state index in [9.17, 15) is 30.0 Å². The molecule has 1 rings (SSSR count). The maximum Gasteiger partial charge on any atom is 0.305 e. The first-order valence-electron chi connectivity index (χ1n) is 22.5. The SMILES string of the molecule is CCCCCCCCCCCCCCCCCCCCCC(=O)OC[C@H](O)COC(=O)CCCCCC[C@@H]1[C@@H](/C=C/[C@@H](O)CCCCC)[C@H](O)C[C@@H]1O. The van der Waals surface area contributed by atoms with Crippen LogP contribution in [0, 0.1) is 11.8 Å². The first kappa shape index (κ1) is 49.5. The summed E-state index contributed by atoms with van der Waals surface area (Å²) in [7, 11) is 0. The van der Waals surface area contributed by atoms with Gasteiger partial charge < -0.3 is 29.9 Å². The molecule has 0 heterocycles. The van der Waals surface area contributed by atoms with Crippen molar-refractivity contribution in [2.75, 3.05) is 13.2 Å². The van der Waals surface area contributed by atoms with Gasteiger partial charge in [0.2, 0.25) is 0 Å². The van der Waals surface area contributed by atoms with E-state index in [1.807, 2.05) is 6.08 Å². The molecule has 6 atom stereocenters. The molecule has 0 saturated heterocycles. The van der Waals surface area contributed by atoms with E-state index >= 15 is 0 Å². The van der Waals surface area contributed by atoms with Gasteiger partial charge in [0.25, 0.3) is 0 Å². The number of aliphatic hydroxyl groups excluding tert-OH is 4. The second-order valence-electron chi connectivity index (χ2n) is 16.1. The molecule has 1 aliphatic rings. The minimum atomic E-state index is -1.03. The Balaban J connectivity index is 1.94. The summed E-state index contributed by atoms with van der Waals surface area (Å²) >= 11 is 0. The highest BCUT2D eigenvalue weighted by molar-refractivity contribution is 5.69. The number of aliphatic hydroxyl groups is 4. The van der Waals surface area contributed by atoms with Gasteiger partial charge in [0.1, 0.15) is 19.3 Å². The molecule has 0 aromatic rings. The van der Waals surface area contributed by atoms with Crippen LogP contribution in [0.25, 0.3) is 0 Å². The lowest BCUT2D eigenvalue weighted by Gasteiger charge is -2.21. The predicted molar refractivity (Wildman–Crippen MR) is 217 cm³/mol. The van der Waals surface area contributed by atoms with Crippen LogP contribution in [0.1, 0.15) is 213 Å². The Kier molecular flexibility index (Phi) is 32.7. The molecular weight excluding hydrogens is 668 g/mol. The summed E-state index contributed by atoms with van der Waals surface area (Å²) < 4.78 is 10.4. The van der Waals surface area contributed by atoms with Gasteiger partial charge in [-0.1, -0.05) is 180 Å². The van der Waals surface area contributed by atoms with E-state index in [4.69, 9.17) is 9.47 Å². The molecule has 0 aromatic carbocycles. The second-order valence-corrected chi connectivity index (χ2v) is 16.1. The Morgan fingerprint density at radius 1 is 0.566 bits per heavy atom. The molecule has 8 nitrogen and oxygen atoms in total. The topological polar surface area (TPSA) is 134 Å². The molecule has 0 aliphatic heterocycles. The van der Waals surface area contributed by atoms with Crippen LogP contribution in [-0.4, -0.2) is 70.0 Å². The third-order valence-electron chi connectivity index (χ3n) is 11.1. The van der Waals surface area contributed by atoms with Gasteiger partial charge in [-0.05, 0) is 31.6 Å². The average molecular weight is 753 g/mol. The number of carbonyl (C=O) groups is 2. The summed E-state index contributed by atoms with van der Waals surface area (Å²) in [6, 6.07) is 0. The molecule has 0 aromatic heterocycles. The molecule has 0 radical (unpaired) electrons. The maximum atomic E-state index is 12.1. The quantitative estimate of drug-likeness (QED) is 0.0280. The fraction of sp³-hybridized carbons (Fsp3) is 0.911. The molecule has 0 amide bonds. The van der Waals surface area contributed by atoms with Gasteiger partial charge in [0, 0.05) is 25.2 Å². The summed E-state index contributed by atoms with van der Waals surface area (Å²) in [5.74, 6) is -0.867. The number of hydrogen-bond acceptors (Lipinski definition) is 8. The van der Waals surface area contributed by atoms with Gasteiger partial charge in [-0.15, -0.1) is 0 Å². The van der Waals surface area contributed by atoms with Gasteiger partial charge >= 0.3 is 11.9 Å². The molecular formula is C45H84O8. The number of carbonyl (C=O) groups excluding carboxylic acids is 2. The molecule has 0 spiro atoms. The van der Waals surface area contributed by atoms with Crippen molar-refractivity contribution in [1.29, 1.82) is 0 Å². The molecule has 0 bridgehead atoms. The van der Waals surface area contributed by atoms with E-state index in [1.54, 1.807) is 6.08 Å². The highest BCUT2D eigenvalue weighted by atomic mass is 16.6. The number of esters is 2. The second kappa shape index (κ2) is 35.0. The van der Waals surface area contributed by atoms with Gasteiger partial charge in [0.15, 0.2) is 0 Å². The van der Waals surface area contributed by atoms with Crippen LogP contribution in [0.2, 0.25) is 0 Å². The molecule has 0 unspecified atom stereocenters. The van der Waals surface area contributed by atoms with Gasteiger partial charge in [-0.25, -0.2) is 0 Å². The highest BCUT2D eigenvalue weighted by Gasteiger charge is 2.39. The fourth-order valence-corrected chi connectivity index (χ4v) is 7.65. The van der Waals surface area contributed by atoms with E-state index in [1.165, 1.54) is 103 Å². The standard InChI is InChI=1S/C45H84O8/c1-3-5-7-8-9-10-11-12-13-14-15-16-17-18-19-20-21-22-27-31-44(50)52-36-39(47)37-53-45(51)32-28-24-23-26-30-40-41(43(49)35-42(40)48)34-33-38(46)29-25-6-4-2/h33-34,38-43,46-49H,3-32,35-37H2,1-2H3/b34-33+/t38-,39-,40+,41+,42-,43+/m0/s1. The number of hydrogen-bond donors (Lipinski definition) is 4. The van der Waals surface area contributed by atoms with E-state index < -0.39 is 24.4 Å². The van der Waals surface area contributed by atoms with Crippen molar-refractivity contribution in [3.63, 3.8) is 0 Å². The van der Waals surface area contributed by atoms with Crippen molar-refractivity contribution in [3.8, 4) is 0 Å². The highest BCUT2D eigenvalue weighted by Crippen LogP contribution is 2.37. The lowest BCUT2D eigenvalue weighted by molar-refractivity contribution is -0.152. The molecule has 1 saturated carbocycles. The van der Waals surface area contributed by atoms with E-state index in [0.717, 1.165) is 70.6 Å². The van der Waals surface area contributed by atoms with Crippen LogP contribution >= 0.6 is 0 Å². The molecule has 1 fully saturated rings. The van der Waals surface area contributed by atoms with Crippen LogP contribution < -0.4 is 0 Å². The largest absolute Gasteiger partial charge is 0.463 e. The first-order chi connectivity index (χ1) is 25.8. The summed E-state index contributed by atoms with van der Waals surface area (Å²) in [4.78, 5) is 24.2. The lowest BCUT2D eigenvalue weighted by atomic mass is 9.88. The Hall–Kier alpha value is -1.48. The minimum absolute atomic E-state index is 0.0295. The summed E-state index contributed by atoms with van der Waals surface area (Å²) in [5, 5.41) is 41.2. The Labute approximate surface area is 325 Å². The number of unbranched alkanes of at least 4 members (excludes halogenated alkanes) is 23. The molecule has 53 heavy (non-hydrogen) atoms. The van der Waals surface area contributed by atoms with Crippen LogP contribution in [0.5, 0.6) is 0 Å². The van der Waals surface area contributed by atoms with Crippen LogP contribution in [0.4, 0.5) is 0 Å². The first-order valence-corrected chi connectivity index (χ1v) is 22.5. The normalized spacial score (nSPS) is 19.9. The lowest BCUT2D eigenvalue weighted by Crippen LogP contribution is -2.25. The van der Waals surface area contributed by atoms with Gasteiger partial charge in [-0.3, -0.25) is 9.59 Å². The van der Waals surface area contributed by atoms with Crippen molar-refractivity contribution in [1.82, 2.24) is 0 Å².